The lowest BCUT2D eigenvalue weighted by molar-refractivity contribution is -0.112. The third-order valence-corrected chi connectivity index (χ3v) is 3.85. The Bertz CT molecular complexity index is 875. The van der Waals surface area contributed by atoms with Crippen molar-refractivity contribution in [1.29, 1.82) is 5.26 Å². The normalized spacial score (nSPS) is 11.0. The number of ketones is 1. The summed E-state index contributed by atoms with van der Waals surface area (Å²) in [6, 6.07) is 16.3. The van der Waals surface area contributed by atoms with E-state index in [1.165, 1.54) is 18.7 Å². The average molecular weight is 347 g/mol. The van der Waals surface area contributed by atoms with Crippen molar-refractivity contribution in [1.82, 2.24) is 0 Å². The highest BCUT2D eigenvalue weighted by Crippen LogP contribution is 2.17. The van der Waals surface area contributed by atoms with Gasteiger partial charge in [0.2, 0.25) is 0 Å². The Morgan fingerprint density at radius 2 is 1.77 bits per heavy atom. The van der Waals surface area contributed by atoms with Gasteiger partial charge >= 0.3 is 0 Å². The number of carbonyl (C=O) groups is 2. The molecule has 2 N–H and O–H groups in total. The fourth-order valence-electron chi connectivity index (χ4n) is 2.28. The van der Waals surface area contributed by atoms with Gasteiger partial charge in [0.1, 0.15) is 11.6 Å². The Kier molecular flexibility index (Phi) is 6.29. The standard InChI is InChI=1S/C21H21N3O2/c1-14(2)16-7-9-19(10-8-16)23-13-18(12-22)21(26)24-20-6-4-5-17(11-20)15(3)25/h4-11,13-14,23H,1-3H3,(H,24,26)/b18-13-. The van der Waals surface area contributed by atoms with E-state index in [2.05, 4.69) is 24.5 Å². The fourth-order valence-corrected chi connectivity index (χ4v) is 2.28. The first-order chi connectivity index (χ1) is 12.4. The smallest absolute Gasteiger partial charge is 0.267 e. The van der Waals surface area contributed by atoms with Gasteiger partial charge in [-0.15, -0.1) is 0 Å². The molecule has 5 nitrogen and oxygen atoms in total. The summed E-state index contributed by atoms with van der Waals surface area (Å²) in [6.07, 6.45) is 1.37. The first-order valence-corrected chi connectivity index (χ1v) is 8.30. The molecule has 0 aliphatic heterocycles. The number of hydrogen-bond acceptors (Lipinski definition) is 4. The van der Waals surface area contributed by atoms with E-state index < -0.39 is 5.91 Å². The summed E-state index contributed by atoms with van der Waals surface area (Å²) in [5.74, 6) is -0.200. The van der Waals surface area contributed by atoms with E-state index in [-0.39, 0.29) is 11.4 Å². The Labute approximate surface area is 153 Å². The number of nitriles is 1. The van der Waals surface area contributed by atoms with Crippen molar-refractivity contribution in [3.05, 3.63) is 71.4 Å². The highest BCUT2D eigenvalue weighted by molar-refractivity contribution is 6.07. The highest BCUT2D eigenvalue weighted by atomic mass is 16.1. The molecule has 0 heterocycles. The molecule has 0 atom stereocenters. The molecule has 2 rings (SSSR count). The Hall–Kier alpha value is -3.39. The third kappa shape index (κ3) is 5.05. The molecule has 0 bridgehead atoms. The molecule has 0 aliphatic rings. The van der Waals surface area contributed by atoms with Gasteiger partial charge in [0.15, 0.2) is 5.78 Å². The van der Waals surface area contributed by atoms with Gasteiger partial charge in [-0.3, -0.25) is 9.59 Å². The number of amides is 1. The van der Waals surface area contributed by atoms with E-state index in [9.17, 15) is 14.9 Å². The largest absolute Gasteiger partial charge is 0.360 e. The van der Waals surface area contributed by atoms with Crippen molar-refractivity contribution in [2.75, 3.05) is 10.6 Å². The summed E-state index contributed by atoms with van der Waals surface area (Å²) in [5.41, 5.74) is 2.89. The molecule has 0 spiro atoms. The maximum absolute atomic E-state index is 12.3. The number of nitrogens with one attached hydrogen (secondary N) is 2. The molecule has 0 radical (unpaired) electrons. The van der Waals surface area contributed by atoms with Crippen LogP contribution in [-0.2, 0) is 4.79 Å². The third-order valence-electron chi connectivity index (χ3n) is 3.85. The van der Waals surface area contributed by atoms with Crippen molar-refractivity contribution in [3.8, 4) is 6.07 Å². The minimum atomic E-state index is -0.542. The topological polar surface area (TPSA) is 82.0 Å². The predicted molar refractivity (Wildman–Crippen MR) is 103 cm³/mol. The Morgan fingerprint density at radius 3 is 2.35 bits per heavy atom. The van der Waals surface area contributed by atoms with E-state index in [1.807, 2.05) is 30.3 Å². The first kappa shape index (κ1) is 18.9. The monoisotopic (exact) mass is 347 g/mol. The fraction of sp³-hybridized carbons (Fsp3) is 0.190. The van der Waals surface area contributed by atoms with E-state index in [1.54, 1.807) is 24.3 Å². The zero-order chi connectivity index (χ0) is 19.1. The van der Waals surface area contributed by atoms with Crippen LogP contribution in [0.25, 0.3) is 0 Å². The predicted octanol–water partition coefficient (Wildman–Crippen LogP) is 4.47. The molecule has 0 fully saturated rings. The molecule has 0 aliphatic carbocycles. The van der Waals surface area contributed by atoms with Crippen LogP contribution in [-0.4, -0.2) is 11.7 Å². The van der Waals surface area contributed by atoms with E-state index in [0.29, 0.717) is 17.2 Å². The van der Waals surface area contributed by atoms with Crippen LogP contribution in [0.2, 0.25) is 0 Å². The van der Waals surface area contributed by atoms with Gasteiger partial charge in [0.05, 0.1) is 0 Å². The van der Waals surface area contributed by atoms with Crippen LogP contribution in [0.1, 0.15) is 42.6 Å². The number of hydrogen-bond donors (Lipinski definition) is 2. The second-order valence-corrected chi connectivity index (χ2v) is 6.18. The van der Waals surface area contributed by atoms with Gasteiger partial charge in [-0.05, 0) is 42.7 Å². The number of nitrogens with zero attached hydrogens (tertiary/aromatic N) is 1. The maximum Gasteiger partial charge on any atom is 0.267 e. The molecule has 1 amide bonds. The van der Waals surface area contributed by atoms with Gasteiger partial charge in [-0.2, -0.15) is 5.26 Å². The van der Waals surface area contributed by atoms with Crippen LogP contribution in [0.4, 0.5) is 11.4 Å². The summed E-state index contributed by atoms with van der Waals surface area (Å²) in [6.45, 7) is 5.68. The lowest BCUT2D eigenvalue weighted by Gasteiger charge is -2.08. The lowest BCUT2D eigenvalue weighted by atomic mass is 10.0. The molecule has 0 unspecified atom stereocenters. The van der Waals surface area contributed by atoms with Crippen molar-refractivity contribution < 1.29 is 9.59 Å². The molecule has 2 aromatic rings. The van der Waals surface area contributed by atoms with Crippen molar-refractivity contribution in [3.63, 3.8) is 0 Å². The second kappa shape index (κ2) is 8.63. The molecular weight excluding hydrogens is 326 g/mol. The van der Waals surface area contributed by atoms with Gasteiger partial charge in [0.25, 0.3) is 5.91 Å². The van der Waals surface area contributed by atoms with Gasteiger partial charge < -0.3 is 10.6 Å². The summed E-state index contributed by atoms with van der Waals surface area (Å²) in [7, 11) is 0. The zero-order valence-electron chi connectivity index (χ0n) is 15.0. The number of Topliss-reactive ketones (excluding diaryl/α,β-unsaturated/α-hetero) is 1. The van der Waals surface area contributed by atoms with Crippen LogP contribution < -0.4 is 10.6 Å². The van der Waals surface area contributed by atoms with Crippen LogP contribution in [0.15, 0.2) is 60.3 Å². The van der Waals surface area contributed by atoms with Crippen LogP contribution in [0, 0.1) is 11.3 Å². The van der Waals surface area contributed by atoms with Gasteiger partial charge in [-0.25, -0.2) is 0 Å². The van der Waals surface area contributed by atoms with Crippen molar-refractivity contribution in [2.45, 2.75) is 26.7 Å². The summed E-state index contributed by atoms with van der Waals surface area (Å²) in [4.78, 5) is 23.7. The molecule has 2 aromatic carbocycles. The molecule has 132 valence electrons. The minimum absolute atomic E-state index is 0.0637. The maximum atomic E-state index is 12.3. The Morgan fingerprint density at radius 1 is 1.08 bits per heavy atom. The molecule has 5 heteroatoms. The van der Waals surface area contributed by atoms with Gasteiger partial charge in [-0.1, -0.05) is 38.1 Å². The molecule has 0 saturated carbocycles. The van der Waals surface area contributed by atoms with Crippen molar-refractivity contribution in [2.24, 2.45) is 0 Å². The summed E-state index contributed by atoms with van der Waals surface area (Å²) < 4.78 is 0. The average Bonchev–Trinajstić information content (AvgIpc) is 2.62. The number of rotatable bonds is 6. The first-order valence-electron chi connectivity index (χ1n) is 8.30. The minimum Gasteiger partial charge on any atom is -0.360 e. The number of anilines is 2. The molecule has 0 saturated heterocycles. The Balaban J connectivity index is 2.08. The van der Waals surface area contributed by atoms with E-state index >= 15 is 0 Å². The van der Waals surface area contributed by atoms with Crippen molar-refractivity contribution >= 4 is 23.1 Å². The van der Waals surface area contributed by atoms with Crippen LogP contribution in [0.5, 0.6) is 0 Å². The van der Waals surface area contributed by atoms with Crippen LogP contribution in [0.3, 0.4) is 0 Å². The SMILES string of the molecule is CC(=O)c1cccc(NC(=O)/C(C#N)=C\Nc2ccc(C(C)C)cc2)c1. The van der Waals surface area contributed by atoms with Crippen LogP contribution >= 0.6 is 0 Å². The number of carbonyl (C=O) groups excluding carboxylic acids is 2. The van der Waals surface area contributed by atoms with E-state index in [4.69, 9.17) is 0 Å². The number of benzene rings is 2. The molecule has 0 aromatic heterocycles. The van der Waals surface area contributed by atoms with E-state index in [0.717, 1.165) is 5.69 Å². The lowest BCUT2D eigenvalue weighted by Crippen LogP contribution is -2.14. The summed E-state index contributed by atoms with van der Waals surface area (Å²) >= 11 is 0. The zero-order valence-corrected chi connectivity index (χ0v) is 15.0. The molecule has 26 heavy (non-hydrogen) atoms. The highest BCUT2D eigenvalue weighted by Gasteiger charge is 2.10. The molecular formula is C21H21N3O2. The quantitative estimate of drug-likeness (QED) is 0.459. The summed E-state index contributed by atoms with van der Waals surface area (Å²) in [5, 5.41) is 14.8. The second-order valence-electron chi connectivity index (χ2n) is 6.18. The van der Waals surface area contributed by atoms with Gasteiger partial charge in [0, 0.05) is 23.1 Å².